The molecule has 9 aliphatic rings. The van der Waals surface area contributed by atoms with E-state index in [1.165, 1.54) is 54.6 Å². The van der Waals surface area contributed by atoms with Crippen molar-refractivity contribution >= 4 is 53.0 Å². The molecule has 7 amide bonds. The molecular formula is C56H55ClN8O15. The molecule has 14 rings (SSSR count). The number of primary amides is 1. The smallest absolute Gasteiger partial charge is 0.248 e. The fourth-order valence-electron chi connectivity index (χ4n) is 12.5. The maximum Gasteiger partial charge on any atom is 0.248 e. The number of nitrogens with two attached hydrogens (primary N) is 2. The van der Waals surface area contributed by atoms with Crippen LogP contribution in [0.4, 0.5) is 0 Å². The molecule has 0 unspecified atom stereocenters. The van der Waals surface area contributed by atoms with Crippen molar-refractivity contribution in [2.24, 2.45) is 35.1 Å². The van der Waals surface area contributed by atoms with Crippen LogP contribution in [0.3, 0.4) is 0 Å². The van der Waals surface area contributed by atoms with Gasteiger partial charge in [-0.2, -0.15) is 0 Å². The Morgan fingerprint density at radius 1 is 0.613 bits per heavy atom. The third-order valence-corrected chi connectivity index (χ3v) is 16.5. The van der Waals surface area contributed by atoms with Gasteiger partial charge in [0.1, 0.15) is 77.2 Å². The van der Waals surface area contributed by atoms with Crippen LogP contribution in [0.2, 0.25) is 5.02 Å². The molecule has 24 heteroatoms. The number of ether oxygens (including phenoxy) is 2. The number of fused-ring (bicyclic) bond motifs is 15. The summed E-state index contributed by atoms with van der Waals surface area (Å²) >= 11 is 6.64. The second-order valence-corrected chi connectivity index (χ2v) is 21.9. The summed E-state index contributed by atoms with van der Waals surface area (Å²) < 4.78 is 12.3. The molecule has 5 aromatic rings. The van der Waals surface area contributed by atoms with Crippen molar-refractivity contribution in [1.82, 2.24) is 31.9 Å². The lowest BCUT2D eigenvalue weighted by molar-refractivity contribution is -0.137. The van der Waals surface area contributed by atoms with Crippen molar-refractivity contribution in [2.75, 3.05) is 0 Å². The minimum absolute atomic E-state index is 0.00878. The van der Waals surface area contributed by atoms with Gasteiger partial charge in [-0.05, 0) is 138 Å². The lowest BCUT2D eigenvalue weighted by atomic mass is 9.54. The molecule has 5 aromatic carbocycles. The van der Waals surface area contributed by atoms with Crippen LogP contribution in [0.1, 0.15) is 96.7 Å². The van der Waals surface area contributed by atoms with Crippen LogP contribution in [0.5, 0.6) is 46.0 Å². The number of halogens is 1. The van der Waals surface area contributed by atoms with Gasteiger partial charge in [0.05, 0.1) is 11.4 Å². The van der Waals surface area contributed by atoms with E-state index in [0.717, 1.165) is 62.4 Å². The van der Waals surface area contributed by atoms with Crippen molar-refractivity contribution in [2.45, 2.75) is 93.0 Å². The van der Waals surface area contributed by atoms with Crippen molar-refractivity contribution < 1.29 is 73.7 Å². The van der Waals surface area contributed by atoms with E-state index in [1.54, 1.807) is 0 Å². The van der Waals surface area contributed by atoms with Gasteiger partial charge in [-0.1, -0.05) is 35.9 Å². The number of amides is 7. The topological polar surface area (TPSA) is 384 Å². The van der Waals surface area contributed by atoms with Crippen LogP contribution in [0.25, 0.3) is 11.1 Å². The van der Waals surface area contributed by atoms with E-state index >= 15 is 19.2 Å². The number of benzene rings is 5. The van der Waals surface area contributed by atoms with Gasteiger partial charge in [-0.25, -0.2) is 0 Å². The molecule has 416 valence electrons. The van der Waals surface area contributed by atoms with E-state index in [0.29, 0.717) is 11.8 Å². The number of phenolic OH excluding ortho intramolecular Hbond substituents is 4. The molecule has 0 aromatic heterocycles. The molecule has 15 bridgehead atoms. The highest BCUT2D eigenvalue weighted by atomic mass is 35.5. The van der Waals surface area contributed by atoms with Crippen LogP contribution in [0, 0.1) is 23.7 Å². The molecule has 5 heterocycles. The number of aromatic hydroxyl groups is 4. The number of aliphatic hydroxyl groups excluding tert-OH is 2. The first-order valence-corrected chi connectivity index (χ1v) is 26.3. The maximum atomic E-state index is 15.3. The number of nitrogens with one attached hydrogen (secondary N) is 6. The third-order valence-electron chi connectivity index (χ3n) is 16.2. The van der Waals surface area contributed by atoms with Gasteiger partial charge in [0.2, 0.25) is 47.1 Å². The SMILES string of the molecule is NC(=O)C[C@@H]1NC(=O)[C@H](N)[C@H](O)c2ccc(c(Cl)c2)Oc2cc3cc(c2O)Oc2ccc(cc2)[C@@H](O)[C@@H]2NC(=O)[C@H](NC(=O)[C@@H]3NC1=O)c1ccc(O)c(c1)-c1c(O)cc(O)cc1[C@@H](C(=O)NC1C3CC4CC(C3)CC1C4)NC2=O. The predicted molar refractivity (Wildman–Crippen MR) is 280 cm³/mol. The Hall–Kier alpha value is -8.64. The summed E-state index contributed by atoms with van der Waals surface area (Å²) in [5.41, 5.74) is 10.6. The number of carbonyl (C=O) groups excluding carboxylic acids is 7. The number of hydrogen-bond acceptors (Lipinski definition) is 16. The molecule has 16 N–H and O–H groups in total. The summed E-state index contributed by atoms with van der Waals surface area (Å²) in [6, 6.07) is 5.30. The fourth-order valence-corrected chi connectivity index (χ4v) is 12.7. The molecule has 0 saturated heterocycles. The third kappa shape index (κ3) is 10.1. The van der Waals surface area contributed by atoms with Gasteiger partial charge in [0.15, 0.2) is 11.5 Å². The maximum absolute atomic E-state index is 15.3. The normalized spacial score (nSPS) is 28.9. The molecule has 4 saturated carbocycles. The van der Waals surface area contributed by atoms with Crippen molar-refractivity contribution in [3.05, 3.63) is 118 Å². The first-order chi connectivity index (χ1) is 38.2. The molecule has 23 nitrogen and oxygen atoms in total. The average molecular weight is 1120 g/mol. The Kier molecular flexibility index (Phi) is 13.9. The van der Waals surface area contributed by atoms with Gasteiger partial charge in [0.25, 0.3) is 0 Å². The largest absolute Gasteiger partial charge is 0.508 e. The van der Waals surface area contributed by atoms with Crippen LogP contribution in [0.15, 0.2) is 84.9 Å². The van der Waals surface area contributed by atoms with Gasteiger partial charge in [0, 0.05) is 23.2 Å². The Morgan fingerprint density at radius 2 is 1.24 bits per heavy atom. The molecule has 4 aliphatic carbocycles. The van der Waals surface area contributed by atoms with Crippen molar-refractivity contribution in [3.8, 4) is 57.1 Å². The number of aliphatic hydroxyl groups is 2. The molecule has 0 spiro atoms. The van der Waals surface area contributed by atoms with E-state index in [9.17, 15) is 45.0 Å². The van der Waals surface area contributed by atoms with Crippen LogP contribution >= 0.6 is 11.6 Å². The molecular weight excluding hydrogens is 1060 g/mol. The highest BCUT2D eigenvalue weighted by Crippen LogP contribution is 2.54. The summed E-state index contributed by atoms with van der Waals surface area (Å²) in [7, 11) is 0. The van der Waals surface area contributed by atoms with E-state index in [-0.39, 0.29) is 73.3 Å². The first kappa shape index (κ1) is 53.4. The minimum atomic E-state index is -2.04. The van der Waals surface area contributed by atoms with Gasteiger partial charge in [-0.15, -0.1) is 0 Å². The van der Waals surface area contributed by atoms with Crippen molar-refractivity contribution in [1.29, 1.82) is 0 Å². The monoisotopic (exact) mass is 1110 g/mol. The standard InChI is InChI=1S/C56H55ClN8O15/c57-33-15-25-4-8-37(33)80-39-17-28-16-38(50(39)72)79-30-5-1-23(2-6-30)49(71)47-56(78)64-46(55(77)61-43-26-10-21-9-22(12-26)13-27(43)11-21)32-18-29(66)19-36(68)41(32)31-14-24(3-7-35(31)67)44(53(75)65-47)63-54(76)45(28)62-51(73)34(20-40(58)69)60-52(74)42(59)48(25)70/h1-8,14-19,21-22,26-27,34,42-49,66-68,70-72H,9-13,20,59H2,(H2,58,69)(H,60,74)(H,61,77)(H,62,73)(H,63,76)(H,64,78)(H,65,75)/t21?,22?,26?,27?,34-,42+,43?,44+,45+,46-,47-,48+,49+/m0/s1. The summed E-state index contributed by atoms with van der Waals surface area (Å²) in [5, 5.41) is 85.4. The van der Waals surface area contributed by atoms with E-state index in [2.05, 4.69) is 31.9 Å². The van der Waals surface area contributed by atoms with Crippen LogP contribution in [-0.2, 0) is 33.6 Å². The summed E-state index contributed by atoms with van der Waals surface area (Å²) in [4.78, 5) is 101. The van der Waals surface area contributed by atoms with E-state index in [1.807, 2.05) is 0 Å². The predicted octanol–water partition coefficient (Wildman–Crippen LogP) is 2.81. The van der Waals surface area contributed by atoms with E-state index in [4.69, 9.17) is 32.5 Å². The summed E-state index contributed by atoms with van der Waals surface area (Å²) in [6.45, 7) is 0. The van der Waals surface area contributed by atoms with Crippen molar-refractivity contribution in [3.63, 3.8) is 0 Å². The Bertz CT molecular complexity index is 3390. The Balaban J connectivity index is 1.08. The van der Waals surface area contributed by atoms with Crippen LogP contribution < -0.4 is 52.8 Å². The number of rotatable bonds is 4. The second kappa shape index (κ2) is 20.9. The highest BCUT2D eigenvalue weighted by molar-refractivity contribution is 6.32. The van der Waals surface area contributed by atoms with Gasteiger partial charge in [-0.3, -0.25) is 33.6 Å². The summed E-state index contributed by atoms with van der Waals surface area (Å²) in [5.74, 6) is -9.91. The van der Waals surface area contributed by atoms with Gasteiger partial charge < -0.3 is 83.5 Å². The number of phenols is 4. The molecule has 0 radical (unpaired) electrons. The second-order valence-electron chi connectivity index (χ2n) is 21.5. The Morgan fingerprint density at radius 3 is 1.91 bits per heavy atom. The highest BCUT2D eigenvalue weighted by Gasteiger charge is 2.50. The first-order valence-electron chi connectivity index (χ1n) is 25.9. The zero-order valence-corrected chi connectivity index (χ0v) is 43.0. The molecule has 4 fully saturated rings. The lowest BCUT2D eigenvalue weighted by Gasteiger charge is -2.54. The number of carbonyl (C=O) groups is 7. The molecule has 80 heavy (non-hydrogen) atoms. The Labute approximate surface area is 460 Å². The molecule has 5 aliphatic heterocycles. The zero-order chi connectivity index (χ0) is 56.6. The van der Waals surface area contributed by atoms with Crippen LogP contribution in [-0.4, -0.2) is 96.2 Å². The number of hydrogen-bond donors (Lipinski definition) is 14. The van der Waals surface area contributed by atoms with Gasteiger partial charge >= 0.3 is 0 Å². The zero-order valence-electron chi connectivity index (χ0n) is 42.2. The average Bonchev–Trinajstić information content (AvgIpc) is 3.47. The quantitative estimate of drug-likeness (QED) is 0.123. The van der Waals surface area contributed by atoms with E-state index < -0.39 is 131 Å². The lowest BCUT2D eigenvalue weighted by Crippen LogP contribution is -2.59. The minimum Gasteiger partial charge on any atom is -0.508 e. The molecule has 8 atom stereocenters. The summed E-state index contributed by atoms with van der Waals surface area (Å²) in [6.07, 6.45) is 0.179. The fraction of sp³-hybridized carbons (Fsp3) is 0.339.